The molecule has 4 aliphatic heterocycles. The highest BCUT2D eigenvalue weighted by Gasteiger charge is 2.47. The van der Waals surface area contributed by atoms with Crippen molar-refractivity contribution in [1.82, 2.24) is 30.7 Å². The molecule has 0 aromatic heterocycles. The number of aliphatic hydroxyl groups excluding tert-OH is 1. The molecule has 0 saturated carbocycles. The smallest absolute Gasteiger partial charge is 0.328 e. The molecule has 56 heavy (non-hydrogen) atoms. The number of nitrogens with one attached hydrogen (secondary N) is 4. The lowest BCUT2D eigenvalue weighted by molar-refractivity contribution is -0.158. The summed E-state index contributed by atoms with van der Waals surface area (Å²) in [4.78, 5) is 101. The molecule has 4 saturated heterocycles. The van der Waals surface area contributed by atoms with Crippen molar-refractivity contribution in [2.75, 3.05) is 31.6 Å². The maximum Gasteiger partial charge on any atom is 0.328 e. The fourth-order valence-electron chi connectivity index (χ4n) is 7.90. The second kappa shape index (κ2) is 17.7. The first-order valence-corrected chi connectivity index (χ1v) is 19.4. The van der Waals surface area contributed by atoms with E-state index in [9.17, 15) is 38.7 Å². The number of amides is 7. The van der Waals surface area contributed by atoms with Gasteiger partial charge in [0, 0.05) is 43.2 Å². The highest BCUT2D eigenvalue weighted by Crippen LogP contribution is 2.27. The Bertz CT molecular complexity index is 1840. The average molecular weight is 794 g/mol. The number of aryl methyl sites for hydroxylation is 1. The van der Waals surface area contributed by atoms with E-state index in [1.165, 1.54) is 16.7 Å². The number of halogens is 1. The number of esters is 1. The number of hydrogen-bond donors (Lipinski definition) is 5. The summed E-state index contributed by atoms with van der Waals surface area (Å²) in [6, 6.07) is 6.04. The second-order valence-electron chi connectivity index (χ2n) is 14.9. The van der Waals surface area contributed by atoms with E-state index >= 15 is 0 Å². The minimum Gasteiger partial charge on any atom is -0.461 e. The van der Waals surface area contributed by atoms with Crippen molar-refractivity contribution in [3.8, 4) is 0 Å². The summed E-state index contributed by atoms with van der Waals surface area (Å²) < 4.78 is 5.67. The number of carbonyl (C=O) groups is 7. The molecule has 7 amide bonds. The maximum absolute atomic E-state index is 14.5. The van der Waals surface area contributed by atoms with Crippen LogP contribution in [0.3, 0.4) is 0 Å². The number of aliphatic hydroxyl groups is 1. The fraction of sp³-hybridized carbons (Fsp3) is 0.513. The van der Waals surface area contributed by atoms with E-state index in [0.717, 1.165) is 10.5 Å². The zero-order valence-corrected chi connectivity index (χ0v) is 32.1. The van der Waals surface area contributed by atoms with Crippen LogP contribution < -0.4 is 21.3 Å². The summed E-state index contributed by atoms with van der Waals surface area (Å²) in [5.74, 6) is -3.98. The van der Waals surface area contributed by atoms with Crippen LogP contribution in [0.25, 0.3) is 0 Å². The number of carbonyl (C=O) groups excluding carboxylic acids is 7. The van der Waals surface area contributed by atoms with Gasteiger partial charge in [-0.2, -0.15) is 0 Å². The molecule has 0 unspecified atom stereocenters. The van der Waals surface area contributed by atoms with Crippen LogP contribution >= 0.6 is 11.6 Å². The summed E-state index contributed by atoms with van der Waals surface area (Å²) in [5, 5.41) is 22.0. The molecule has 300 valence electrons. The lowest BCUT2D eigenvalue weighted by Crippen LogP contribution is -2.62. The molecule has 4 fully saturated rings. The topological polar surface area (TPSA) is 207 Å². The average Bonchev–Trinajstić information content (AvgIpc) is 3.83. The SMILES string of the molecule is Cc1cccc(C[C@H](NC(=O)Nc2ccc(Cl)cc2)C(=O)N[C@H]2COC(=O)[C@@H]3CCCN3C(=O)[C@H](C)NC(=O)[C@@H]3CCCCN3C(=O)[C@@H]3C[C@@H](O)CN3C2=O)c1. The van der Waals surface area contributed by atoms with Gasteiger partial charge in [-0.25, -0.2) is 9.59 Å². The molecule has 6 rings (SSSR count). The van der Waals surface area contributed by atoms with Crippen molar-refractivity contribution in [2.45, 2.75) is 101 Å². The fourth-order valence-corrected chi connectivity index (χ4v) is 8.02. The third-order valence-corrected chi connectivity index (χ3v) is 11.0. The van der Waals surface area contributed by atoms with E-state index in [4.69, 9.17) is 16.3 Å². The van der Waals surface area contributed by atoms with Gasteiger partial charge < -0.3 is 45.8 Å². The summed E-state index contributed by atoms with van der Waals surface area (Å²) in [7, 11) is 0. The highest BCUT2D eigenvalue weighted by molar-refractivity contribution is 6.30. The zero-order valence-electron chi connectivity index (χ0n) is 31.4. The number of cyclic esters (lactones) is 1. The molecule has 5 N–H and O–H groups in total. The van der Waals surface area contributed by atoms with Crippen molar-refractivity contribution in [1.29, 1.82) is 0 Å². The van der Waals surface area contributed by atoms with Gasteiger partial charge in [0.25, 0.3) is 0 Å². The van der Waals surface area contributed by atoms with Crippen LogP contribution in [-0.2, 0) is 39.9 Å². The van der Waals surface area contributed by atoms with E-state index in [1.54, 1.807) is 30.3 Å². The number of ether oxygens (including phenoxy) is 1. The molecule has 0 radical (unpaired) electrons. The lowest BCUT2D eigenvalue weighted by Gasteiger charge is -2.39. The van der Waals surface area contributed by atoms with Gasteiger partial charge >= 0.3 is 12.0 Å². The van der Waals surface area contributed by atoms with Crippen LogP contribution in [0.1, 0.15) is 56.6 Å². The number of nitrogens with zero attached hydrogens (tertiary/aromatic N) is 3. The number of anilines is 1. The largest absolute Gasteiger partial charge is 0.461 e. The first-order valence-electron chi connectivity index (χ1n) is 19.0. The minimum atomic E-state index is -1.56. The van der Waals surface area contributed by atoms with Crippen LogP contribution in [0.5, 0.6) is 0 Å². The summed E-state index contributed by atoms with van der Waals surface area (Å²) in [5.41, 5.74) is 2.03. The van der Waals surface area contributed by atoms with Gasteiger partial charge in [-0.3, -0.25) is 24.0 Å². The Kier molecular flexibility index (Phi) is 12.8. The second-order valence-corrected chi connectivity index (χ2v) is 15.3. The van der Waals surface area contributed by atoms with E-state index in [-0.39, 0.29) is 38.9 Å². The van der Waals surface area contributed by atoms with Crippen LogP contribution in [0.2, 0.25) is 5.02 Å². The molecule has 0 spiro atoms. The molecule has 4 aliphatic rings. The number of benzene rings is 2. The molecule has 2 aromatic carbocycles. The third kappa shape index (κ3) is 9.41. The molecular formula is C39H48ClN7O9. The Morgan fingerprint density at radius 2 is 1.62 bits per heavy atom. The van der Waals surface area contributed by atoms with Crippen LogP contribution in [0, 0.1) is 6.92 Å². The Morgan fingerprint density at radius 3 is 2.38 bits per heavy atom. The Balaban J connectivity index is 1.31. The van der Waals surface area contributed by atoms with Gasteiger partial charge in [0.05, 0.1) is 6.10 Å². The first-order chi connectivity index (χ1) is 26.8. The Morgan fingerprint density at radius 1 is 0.911 bits per heavy atom. The van der Waals surface area contributed by atoms with Crippen LogP contribution in [0.15, 0.2) is 48.5 Å². The van der Waals surface area contributed by atoms with Gasteiger partial charge in [-0.05, 0) is 75.8 Å². The third-order valence-electron chi connectivity index (χ3n) is 10.7. The molecular weight excluding hydrogens is 746 g/mol. The number of hydrogen-bond acceptors (Lipinski definition) is 9. The van der Waals surface area contributed by atoms with Crippen LogP contribution in [-0.4, -0.2) is 130 Å². The molecule has 0 bridgehead atoms. The highest BCUT2D eigenvalue weighted by atomic mass is 35.5. The summed E-state index contributed by atoms with van der Waals surface area (Å²) in [6.07, 6.45) is 1.18. The predicted molar refractivity (Wildman–Crippen MR) is 203 cm³/mol. The molecule has 4 heterocycles. The molecule has 2 aromatic rings. The number of piperidine rings is 1. The molecule has 0 aliphatic carbocycles. The van der Waals surface area contributed by atoms with Gasteiger partial charge in [0.15, 0.2) is 0 Å². The van der Waals surface area contributed by atoms with Crippen molar-refractivity contribution in [2.24, 2.45) is 0 Å². The quantitative estimate of drug-likeness (QED) is 0.267. The van der Waals surface area contributed by atoms with Crippen molar-refractivity contribution in [3.05, 3.63) is 64.7 Å². The van der Waals surface area contributed by atoms with E-state index in [0.29, 0.717) is 42.0 Å². The first kappa shape index (κ1) is 40.4. The zero-order chi connectivity index (χ0) is 40.1. The van der Waals surface area contributed by atoms with Crippen molar-refractivity contribution in [3.63, 3.8) is 0 Å². The molecule has 17 heteroatoms. The van der Waals surface area contributed by atoms with Gasteiger partial charge in [-0.15, -0.1) is 0 Å². The van der Waals surface area contributed by atoms with Crippen molar-refractivity contribution >= 4 is 58.8 Å². The standard InChI is InChI=1S/C39H48ClN7O9/c1-22-7-5-8-24(17-22)18-28(44-39(55)42-26-13-11-25(40)12-14-26)33(49)43-29-21-56-38(54)31-10-6-16-46(31)35(51)23(2)41-34(50)30-9-3-4-15-45(30)37(53)32-19-27(48)20-47(32)36(29)52/h5,7-8,11-14,17,23,27-32,48H,3-4,6,9-10,15-16,18-21H2,1-2H3,(H,41,50)(H,43,49)(H2,42,44,55)/t23-,27+,28-,29-,30-,31-,32-/m0/s1. The Hall–Kier alpha value is -5.22. The lowest BCUT2D eigenvalue weighted by atomic mass is 9.99. The van der Waals surface area contributed by atoms with E-state index in [2.05, 4.69) is 21.3 Å². The summed E-state index contributed by atoms with van der Waals surface area (Å²) in [6.45, 7) is 2.95. The molecule has 16 nitrogen and oxygen atoms in total. The van der Waals surface area contributed by atoms with Gasteiger partial charge in [0.1, 0.15) is 42.9 Å². The number of rotatable bonds is 6. The maximum atomic E-state index is 14.5. The van der Waals surface area contributed by atoms with E-state index < -0.39 is 90.5 Å². The van der Waals surface area contributed by atoms with Gasteiger partial charge in [-0.1, -0.05) is 41.4 Å². The van der Waals surface area contributed by atoms with Gasteiger partial charge in [0.2, 0.25) is 29.5 Å². The number of fused-ring (bicyclic) bond motifs is 3. The monoisotopic (exact) mass is 793 g/mol. The predicted octanol–water partition coefficient (Wildman–Crippen LogP) is 1.26. The normalized spacial score (nSPS) is 26.7. The summed E-state index contributed by atoms with van der Waals surface area (Å²) >= 11 is 5.99. The Labute approximate surface area is 329 Å². The molecule has 7 atom stereocenters. The van der Waals surface area contributed by atoms with Crippen molar-refractivity contribution < 1.29 is 43.4 Å². The minimum absolute atomic E-state index is 0.0154. The number of urea groups is 1. The van der Waals surface area contributed by atoms with E-state index in [1.807, 2.05) is 25.1 Å². The van der Waals surface area contributed by atoms with Crippen LogP contribution in [0.4, 0.5) is 10.5 Å².